The summed E-state index contributed by atoms with van der Waals surface area (Å²) in [6, 6.07) is 7.65. The first-order valence-corrected chi connectivity index (χ1v) is 9.13. The topological polar surface area (TPSA) is 64.0 Å². The molecule has 1 aromatic carbocycles. The molecule has 0 radical (unpaired) electrons. The van der Waals surface area contributed by atoms with Gasteiger partial charge in [-0.05, 0) is 29.6 Å². The lowest BCUT2D eigenvalue weighted by Crippen LogP contribution is -2.16. The predicted molar refractivity (Wildman–Crippen MR) is 85.5 cm³/mol. The summed E-state index contributed by atoms with van der Waals surface area (Å²) in [7, 11) is -1.52. The number of nitrogens with one attached hydrogen (secondary N) is 1. The molecule has 3 aromatic rings. The number of anilines is 1. The van der Waals surface area contributed by atoms with Crippen LogP contribution in [0.2, 0.25) is 0 Å². The van der Waals surface area contributed by atoms with E-state index in [1.807, 2.05) is 0 Å². The minimum atomic E-state index is -3.28. The molecule has 5 nitrogen and oxygen atoms in total. The smallest absolute Gasteiger partial charge is 0.203 e. The molecule has 1 N–H and O–H groups in total. The van der Waals surface area contributed by atoms with Crippen molar-refractivity contribution >= 4 is 38.2 Å². The molecule has 0 amide bonds. The van der Waals surface area contributed by atoms with Gasteiger partial charge in [-0.25, -0.2) is 17.8 Å². The zero-order valence-corrected chi connectivity index (χ0v) is 13.4. The average molecular weight is 339 g/mol. The van der Waals surface area contributed by atoms with Crippen LogP contribution in [0.1, 0.15) is 0 Å². The highest BCUT2D eigenvalue weighted by Gasteiger charge is 2.15. The standard InChI is InChI=1S/C14H14FN3O2S2/c1-18-12-9-10(15)4-5-11(12)17-14(18)16-6-8-22(19,20)13-3-2-7-21-13/h2-5,7,9H,6,8H2,1H3,(H,16,17). The number of nitrogens with zero attached hydrogens (tertiary/aromatic N) is 2. The van der Waals surface area contributed by atoms with E-state index in [4.69, 9.17) is 0 Å². The number of sulfone groups is 1. The van der Waals surface area contributed by atoms with Gasteiger partial charge in [-0.15, -0.1) is 11.3 Å². The molecule has 116 valence electrons. The van der Waals surface area contributed by atoms with E-state index < -0.39 is 9.84 Å². The normalized spacial score (nSPS) is 11.9. The lowest BCUT2D eigenvalue weighted by molar-refractivity contribution is 0.598. The van der Waals surface area contributed by atoms with Gasteiger partial charge in [0, 0.05) is 13.6 Å². The number of halogens is 1. The van der Waals surface area contributed by atoms with Gasteiger partial charge in [0.25, 0.3) is 0 Å². The van der Waals surface area contributed by atoms with Crippen LogP contribution in [0, 0.1) is 5.82 Å². The number of aryl methyl sites for hydroxylation is 1. The van der Waals surface area contributed by atoms with Crippen molar-refractivity contribution in [1.82, 2.24) is 9.55 Å². The Labute approximate surface area is 131 Å². The van der Waals surface area contributed by atoms with Crippen LogP contribution in [0.4, 0.5) is 10.3 Å². The second-order valence-corrected chi connectivity index (χ2v) is 8.09. The van der Waals surface area contributed by atoms with Gasteiger partial charge < -0.3 is 9.88 Å². The Balaban J connectivity index is 1.73. The molecular formula is C14H14FN3O2S2. The number of hydrogen-bond donors (Lipinski definition) is 1. The van der Waals surface area contributed by atoms with Gasteiger partial charge in [-0.1, -0.05) is 6.07 Å². The van der Waals surface area contributed by atoms with Crippen LogP contribution in [-0.4, -0.2) is 30.3 Å². The summed E-state index contributed by atoms with van der Waals surface area (Å²) in [6.07, 6.45) is 0. The Morgan fingerprint density at radius 2 is 2.18 bits per heavy atom. The quantitative estimate of drug-likeness (QED) is 0.776. The van der Waals surface area contributed by atoms with Crippen molar-refractivity contribution < 1.29 is 12.8 Å². The molecule has 0 spiro atoms. The zero-order chi connectivity index (χ0) is 15.7. The molecule has 0 atom stereocenters. The van der Waals surface area contributed by atoms with Crippen molar-refractivity contribution in [2.24, 2.45) is 7.05 Å². The third-order valence-corrected chi connectivity index (χ3v) is 6.50. The van der Waals surface area contributed by atoms with Gasteiger partial charge in [-0.2, -0.15) is 0 Å². The second kappa shape index (κ2) is 5.69. The highest BCUT2D eigenvalue weighted by atomic mass is 32.2. The summed E-state index contributed by atoms with van der Waals surface area (Å²) in [5.74, 6) is 0.162. The Hall–Kier alpha value is -1.93. The highest BCUT2D eigenvalue weighted by Crippen LogP contribution is 2.20. The molecule has 2 aromatic heterocycles. The molecule has 0 aliphatic heterocycles. The molecule has 3 rings (SSSR count). The number of aromatic nitrogens is 2. The minimum Gasteiger partial charge on any atom is -0.355 e. The molecular weight excluding hydrogens is 325 g/mol. The molecule has 0 aliphatic carbocycles. The molecule has 0 unspecified atom stereocenters. The third-order valence-electron chi connectivity index (χ3n) is 3.30. The minimum absolute atomic E-state index is 0.0227. The number of benzene rings is 1. The van der Waals surface area contributed by atoms with Crippen LogP contribution >= 0.6 is 11.3 Å². The fraction of sp³-hybridized carbons (Fsp3) is 0.214. The number of rotatable bonds is 5. The highest BCUT2D eigenvalue weighted by molar-refractivity contribution is 7.93. The summed E-state index contributed by atoms with van der Waals surface area (Å²) in [5.41, 5.74) is 1.32. The second-order valence-electron chi connectivity index (χ2n) is 4.81. The summed E-state index contributed by atoms with van der Waals surface area (Å²) >= 11 is 1.21. The maximum atomic E-state index is 13.3. The van der Waals surface area contributed by atoms with Crippen molar-refractivity contribution in [1.29, 1.82) is 0 Å². The van der Waals surface area contributed by atoms with E-state index in [1.165, 1.54) is 23.5 Å². The maximum absolute atomic E-state index is 13.3. The Bertz CT molecular complexity index is 902. The van der Waals surface area contributed by atoms with Gasteiger partial charge in [0.1, 0.15) is 10.0 Å². The number of thiophene rings is 1. The molecule has 0 bridgehead atoms. The molecule has 2 heterocycles. The van der Waals surface area contributed by atoms with Crippen LogP contribution in [0.15, 0.2) is 39.9 Å². The van der Waals surface area contributed by atoms with Crippen molar-refractivity contribution in [2.45, 2.75) is 4.21 Å². The van der Waals surface area contributed by atoms with Crippen molar-refractivity contribution in [3.05, 3.63) is 41.5 Å². The van der Waals surface area contributed by atoms with Crippen LogP contribution < -0.4 is 5.32 Å². The van der Waals surface area contributed by atoms with Gasteiger partial charge in [0.05, 0.1) is 16.8 Å². The fourth-order valence-corrected chi connectivity index (χ4v) is 4.47. The molecule has 22 heavy (non-hydrogen) atoms. The summed E-state index contributed by atoms with van der Waals surface area (Å²) < 4.78 is 39.5. The van der Waals surface area contributed by atoms with Crippen LogP contribution in [0.3, 0.4) is 0 Å². The largest absolute Gasteiger partial charge is 0.355 e. The molecule has 0 saturated carbocycles. The Morgan fingerprint density at radius 3 is 2.91 bits per heavy atom. The third kappa shape index (κ3) is 2.84. The average Bonchev–Trinajstić information content (AvgIpc) is 3.10. The number of imidazole rings is 1. The number of hydrogen-bond acceptors (Lipinski definition) is 5. The maximum Gasteiger partial charge on any atom is 0.203 e. The first-order valence-electron chi connectivity index (χ1n) is 6.59. The molecule has 0 fully saturated rings. The first kappa shape index (κ1) is 15.0. The van der Waals surface area contributed by atoms with Crippen LogP contribution in [0.5, 0.6) is 0 Å². The van der Waals surface area contributed by atoms with E-state index in [0.29, 0.717) is 21.2 Å². The first-order chi connectivity index (χ1) is 10.5. The Morgan fingerprint density at radius 1 is 1.36 bits per heavy atom. The molecule has 0 aliphatic rings. The van der Waals surface area contributed by atoms with E-state index in [0.717, 1.165) is 0 Å². The molecule has 0 saturated heterocycles. The summed E-state index contributed by atoms with van der Waals surface area (Å²) in [5, 5.41) is 4.73. The van der Waals surface area contributed by atoms with E-state index in [9.17, 15) is 12.8 Å². The van der Waals surface area contributed by atoms with E-state index in [1.54, 1.807) is 35.2 Å². The van der Waals surface area contributed by atoms with E-state index >= 15 is 0 Å². The van der Waals surface area contributed by atoms with Gasteiger partial charge in [0.2, 0.25) is 5.95 Å². The predicted octanol–water partition coefficient (Wildman–Crippen LogP) is 2.66. The van der Waals surface area contributed by atoms with E-state index in [-0.39, 0.29) is 18.1 Å². The monoisotopic (exact) mass is 339 g/mol. The van der Waals surface area contributed by atoms with Crippen molar-refractivity contribution in [2.75, 3.05) is 17.6 Å². The van der Waals surface area contributed by atoms with Crippen LogP contribution in [0.25, 0.3) is 11.0 Å². The van der Waals surface area contributed by atoms with Gasteiger partial charge in [0.15, 0.2) is 9.84 Å². The van der Waals surface area contributed by atoms with E-state index in [2.05, 4.69) is 10.3 Å². The SMILES string of the molecule is Cn1c(NCCS(=O)(=O)c2cccs2)nc2ccc(F)cc21. The van der Waals surface area contributed by atoms with Gasteiger partial charge in [-0.3, -0.25) is 0 Å². The summed E-state index contributed by atoms with van der Waals surface area (Å²) in [6.45, 7) is 0.236. The lowest BCUT2D eigenvalue weighted by atomic mass is 10.3. The van der Waals surface area contributed by atoms with Crippen LogP contribution in [-0.2, 0) is 16.9 Å². The lowest BCUT2D eigenvalue weighted by Gasteiger charge is -2.06. The Kier molecular flexibility index (Phi) is 3.88. The summed E-state index contributed by atoms with van der Waals surface area (Å²) in [4.78, 5) is 4.33. The van der Waals surface area contributed by atoms with Gasteiger partial charge >= 0.3 is 0 Å². The number of fused-ring (bicyclic) bond motifs is 1. The van der Waals surface area contributed by atoms with Crippen molar-refractivity contribution in [3.63, 3.8) is 0 Å². The molecule has 8 heteroatoms. The van der Waals surface area contributed by atoms with Crippen molar-refractivity contribution in [3.8, 4) is 0 Å². The zero-order valence-electron chi connectivity index (χ0n) is 11.8. The fourth-order valence-electron chi connectivity index (χ4n) is 2.16.